The molecule has 0 aromatic carbocycles. The summed E-state index contributed by atoms with van der Waals surface area (Å²) in [6.45, 7) is 4.37. The fourth-order valence-corrected chi connectivity index (χ4v) is 3.17. The van der Waals surface area contributed by atoms with E-state index in [4.69, 9.17) is 0 Å². The lowest BCUT2D eigenvalue weighted by Gasteiger charge is -2.20. The van der Waals surface area contributed by atoms with Crippen molar-refractivity contribution >= 4 is 18.3 Å². The minimum Gasteiger partial charge on any atom is -0.343 e. The molecule has 0 spiro atoms. The van der Waals surface area contributed by atoms with Gasteiger partial charge in [-0.1, -0.05) is 0 Å². The lowest BCUT2D eigenvalue weighted by molar-refractivity contribution is -0.131. The van der Waals surface area contributed by atoms with Crippen LogP contribution in [0.5, 0.6) is 0 Å². The first-order chi connectivity index (χ1) is 7.83. The van der Waals surface area contributed by atoms with E-state index in [0.29, 0.717) is 5.91 Å². The van der Waals surface area contributed by atoms with Gasteiger partial charge in [-0.25, -0.2) is 0 Å². The molecule has 98 valence electrons. The van der Waals surface area contributed by atoms with Gasteiger partial charge in [-0.05, 0) is 56.5 Å². The topological polar surface area (TPSA) is 32.3 Å². The summed E-state index contributed by atoms with van der Waals surface area (Å²) in [5.74, 6) is 2.82. The molecule has 3 fully saturated rings. The summed E-state index contributed by atoms with van der Waals surface area (Å²) in [4.78, 5) is 14.2. The lowest BCUT2D eigenvalue weighted by Crippen LogP contribution is -2.32. The Kier molecular flexibility index (Phi) is 4.31. The normalized spacial score (nSPS) is 32.6. The van der Waals surface area contributed by atoms with Gasteiger partial charge in [0.05, 0.1) is 0 Å². The molecular formula is C13H23ClN2O. The van der Waals surface area contributed by atoms with E-state index in [9.17, 15) is 4.79 Å². The Morgan fingerprint density at radius 3 is 2.18 bits per heavy atom. The van der Waals surface area contributed by atoms with Crippen molar-refractivity contribution in [2.45, 2.75) is 32.1 Å². The average Bonchev–Trinajstić information content (AvgIpc) is 3.02. The summed E-state index contributed by atoms with van der Waals surface area (Å²) in [6.07, 6.45) is 5.83. The number of rotatable bonds is 2. The molecule has 4 heteroatoms. The molecule has 0 bridgehead atoms. The van der Waals surface area contributed by atoms with E-state index < -0.39 is 0 Å². The Morgan fingerprint density at radius 2 is 1.65 bits per heavy atom. The molecule has 2 heterocycles. The number of amides is 1. The van der Waals surface area contributed by atoms with E-state index in [0.717, 1.165) is 37.3 Å². The minimum absolute atomic E-state index is 0. The largest absolute Gasteiger partial charge is 0.343 e. The summed E-state index contributed by atoms with van der Waals surface area (Å²) in [6, 6.07) is 0. The van der Waals surface area contributed by atoms with E-state index in [2.05, 4.69) is 10.2 Å². The molecule has 2 aliphatic heterocycles. The van der Waals surface area contributed by atoms with Crippen molar-refractivity contribution < 1.29 is 4.79 Å². The molecule has 1 N–H and O–H groups in total. The van der Waals surface area contributed by atoms with Gasteiger partial charge in [-0.3, -0.25) is 4.79 Å². The molecule has 3 aliphatic rings. The second-order valence-corrected chi connectivity index (χ2v) is 5.78. The van der Waals surface area contributed by atoms with Gasteiger partial charge in [0.15, 0.2) is 0 Å². The van der Waals surface area contributed by atoms with Crippen molar-refractivity contribution in [3.8, 4) is 0 Å². The zero-order chi connectivity index (χ0) is 11.0. The molecule has 0 aromatic rings. The van der Waals surface area contributed by atoms with Crippen LogP contribution < -0.4 is 5.32 Å². The molecule has 1 aliphatic carbocycles. The van der Waals surface area contributed by atoms with Crippen LogP contribution in [0.1, 0.15) is 32.1 Å². The van der Waals surface area contributed by atoms with E-state index in [-0.39, 0.29) is 12.4 Å². The van der Waals surface area contributed by atoms with E-state index in [1.165, 1.54) is 38.8 Å². The number of hydrogen-bond acceptors (Lipinski definition) is 2. The van der Waals surface area contributed by atoms with Crippen LogP contribution in [0.3, 0.4) is 0 Å². The number of halogens is 1. The molecule has 1 amide bonds. The lowest BCUT2D eigenvalue weighted by atomic mass is 9.92. The maximum atomic E-state index is 12.0. The second kappa shape index (κ2) is 5.57. The first kappa shape index (κ1) is 13.2. The maximum Gasteiger partial charge on any atom is 0.222 e. The van der Waals surface area contributed by atoms with E-state index >= 15 is 0 Å². The summed E-state index contributed by atoms with van der Waals surface area (Å²) >= 11 is 0. The van der Waals surface area contributed by atoms with Crippen LogP contribution in [0.4, 0.5) is 0 Å². The third-order valence-corrected chi connectivity index (χ3v) is 4.53. The third kappa shape index (κ3) is 3.14. The predicted molar refractivity (Wildman–Crippen MR) is 70.3 cm³/mol. The molecule has 3 rings (SSSR count). The highest BCUT2D eigenvalue weighted by atomic mass is 35.5. The van der Waals surface area contributed by atoms with Crippen LogP contribution in [0.2, 0.25) is 0 Å². The Balaban J connectivity index is 0.00000108. The molecule has 2 saturated heterocycles. The van der Waals surface area contributed by atoms with Crippen LogP contribution in [-0.2, 0) is 4.79 Å². The van der Waals surface area contributed by atoms with E-state index in [1.807, 2.05) is 0 Å². The monoisotopic (exact) mass is 258 g/mol. The van der Waals surface area contributed by atoms with Crippen molar-refractivity contribution in [1.82, 2.24) is 10.2 Å². The number of hydrogen-bond donors (Lipinski definition) is 1. The molecule has 0 unspecified atom stereocenters. The Morgan fingerprint density at radius 1 is 1.06 bits per heavy atom. The summed E-state index contributed by atoms with van der Waals surface area (Å²) in [5, 5.41) is 3.47. The molecule has 1 saturated carbocycles. The highest BCUT2D eigenvalue weighted by Crippen LogP contribution is 2.34. The predicted octanol–water partition coefficient (Wildman–Crippen LogP) is 1.67. The summed E-state index contributed by atoms with van der Waals surface area (Å²) < 4.78 is 0. The number of fused-ring (bicyclic) bond motifs is 1. The van der Waals surface area contributed by atoms with Crippen LogP contribution in [0.25, 0.3) is 0 Å². The maximum absolute atomic E-state index is 12.0. The van der Waals surface area contributed by atoms with Gasteiger partial charge in [-0.2, -0.15) is 0 Å². The molecule has 17 heavy (non-hydrogen) atoms. The quantitative estimate of drug-likeness (QED) is 0.817. The highest BCUT2D eigenvalue weighted by Gasteiger charge is 2.33. The second-order valence-electron chi connectivity index (χ2n) is 5.78. The fourth-order valence-electron chi connectivity index (χ4n) is 3.17. The molecule has 0 aromatic heterocycles. The van der Waals surface area contributed by atoms with Gasteiger partial charge < -0.3 is 10.2 Å². The number of carbonyl (C=O) groups excluding carboxylic acids is 1. The minimum atomic E-state index is 0. The van der Waals surface area contributed by atoms with Gasteiger partial charge in [0.1, 0.15) is 0 Å². The van der Waals surface area contributed by atoms with Gasteiger partial charge in [-0.15, -0.1) is 12.4 Å². The number of nitrogens with zero attached hydrogens (tertiary/aromatic N) is 1. The van der Waals surface area contributed by atoms with Crippen LogP contribution in [-0.4, -0.2) is 37.0 Å². The SMILES string of the molecule is Cl.O=C(CC1CC1)N1CC[C@@H]2CNC[C@@H]2CC1. The molecule has 3 nitrogen and oxygen atoms in total. The van der Waals surface area contributed by atoms with Crippen LogP contribution >= 0.6 is 12.4 Å². The van der Waals surface area contributed by atoms with Crippen molar-refractivity contribution in [1.29, 1.82) is 0 Å². The number of nitrogens with one attached hydrogen (secondary N) is 1. The van der Waals surface area contributed by atoms with Crippen molar-refractivity contribution in [2.24, 2.45) is 17.8 Å². The number of carbonyl (C=O) groups is 1. The van der Waals surface area contributed by atoms with Crippen LogP contribution in [0.15, 0.2) is 0 Å². The Labute approximate surface area is 110 Å². The van der Waals surface area contributed by atoms with Gasteiger partial charge in [0, 0.05) is 19.5 Å². The molecule has 0 radical (unpaired) electrons. The van der Waals surface area contributed by atoms with E-state index in [1.54, 1.807) is 0 Å². The van der Waals surface area contributed by atoms with Crippen LogP contribution in [0, 0.1) is 17.8 Å². The summed E-state index contributed by atoms with van der Waals surface area (Å²) in [7, 11) is 0. The van der Waals surface area contributed by atoms with Gasteiger partial charge in [0.2, 0.25) is 5.91 Å². The molecular weight excluding hydrogens is 236 g/mol. The number of likely N-dealkylation sites (tertiary alicyclic amines) is 1. The Hall–Kier alpha value is -0.280. The molecule has 2 atom stereocenters. The van der Waals surface area contributed by atoms with Crippen molar-refractivity contribution in [3.05, 3.63) is 0 Å². The van der Waals surface area contributed by atoms with Crippen molar-refractivity contribution in [2.75, 3.05) is 26.2 Å². The average molecular weight is 259 g/mol. The van der Waals surface area contributed by atoms with Crippen molar-refractivity contribution in [3.63, 3.8) is 0 Å². The first-order valence-electron chi connectivity index (χ1n) is 6.81. The highest BCUT2D eigenvalue weighted by molar-refractivity contribution is 5.85. The van der Waals surface area contributed by atoms with Gasteiger partial charge in [0.25, 0.3) is 0 Å². The summed E-state index contributed by atoms with van der Waals surface area (Å²) in [5.41, 5.74) is 0. The third-order valence-electron chi connectivity index (χ3n) is 4.53. The fraction of sp³-hybridized carbons (Fsp3) is 0.923. The Bertz CT molecular complexity index is 267. The first-order valence-corrected chi connectivity index (χ1v) is 6.81. The standard InChI is InChI=1S/C13H22N2O.ClH/c16-13(7-10-1-2-10)15-5-3-11-8-14-9-12(11)4-6-15;/h10-12,14H,1-9H2;1H/t11-,12+;. The van der Waals surface area contributed by atoms with Gasteiger partial charge >= 0.3 is 0 Å². The zero-order valence-electron chi connectivity index (χ0n) is 10.4. The zero-order valence-corrected chi connectivity index (χ0v) is 11.2. The smallest absolute Gasteiger partial charge is 0.222 e.